The van der Waals surface area contributed by atoms with E-state index in [1.807, 2.05) is 6.07 Å². The second-order valence-electron chi connectivity index (χ2n) is 4.75. The van der Waals surface area contributed by atoms with Gasteiger partial charge in [-0.25, -0.2) is 0 Å². The van der Waals surface area contributed by atoms with E-state index in [0.717, 1.165) is 13.1 Å². The molecule has 0 fully saturated rings. The van der Waals surface area contributed by atoms with Gasteiger partial charge in [0.2, 0.25) is 0 Å². The van der Waals surface area contributed by atoms with Gasteiger partial charge in [0, 0.05) is 30.4 Å². The highest BCUT2D eigenvalue weighted by Gasteiger charge is 2.20. The topological polar surface area (TPSA) is 24.1 Å². The van der Waals surface area contributed by atoms with Crippen molar-refractivity contribution in [3.05, 3.63) is 60.2 Å². The van der Waals surface area contributed by atoms with E-state index in [1.165, 1.54) is 23.4 Å². The molecule has 1 atom stereocenters. The SMILES string of the molecule is c1ccc(NCCC2CNc3ccccc32)cc1. The molecule has 18 heavy (non-hydrogen) atoms. The zero-order chi connectivity index (χ0) is 12.2. The van der Waals surface area contributed by atoms with Gasteiger partial charge in [-0.1, -0.05) is 36.4 Å². The van der Waals surface area contributed by atoms with Crippen LogP contribution in [0.15, 0.2) is 54.6 Å². The number of para-hydroxylation sites is 2. The predicted octanol–water partition coefficient (Wildman–Crippen LogP) is 3.70. The Morgan fingerprint density at radius 1 is 1.00 bits per heavy atom. The van der Waals surface area contributed by atoms with Gasteiger partial charge < -0.3 is 10.6 Å². The first kappa shape index (κ1) is 11.1. The van der Waals surface area contributed by atoms with Crippen molar-refractivity contribution in [2.75, 3.05) is 23.7 Å². The zero-order valence-electron chi connectivity index (χ0n) is 10.4. The second kappa shape index (κ2) is 5.13. The standard InChI is InChI=1S/C16H18N2/c1-2-6-14(7-3-1)17-11-10-13-12-18-16-9-5-4-8-15(13)16/h1-9,13,17-18H,10-12H2. The highest BCUT2D eigenvalue weighted by atomic mass is 14.9. The highest BCUT2D eigenvalue weighted by molar-refractivity contribution is 5.57. The van der Waals surface area contributed by atoms with Crippen molar-refractivity contribution in [3.8, 4) is 0 Å². The van der Waals surface area contributed by atoms with E-state index in [9.17, 15) is 0 Å². The molecule has 0 aliphatic carbocycles. The minimum atomic E-state index is 0.636. The van der Waals surface area contributed by atoms with E-state index in [1.54, 1.807) is 0 Å². The molecule has 0 saturated carbocycles. The molecule has 2 heteroatoms. The third kappa shape index (κ3) is 2.33. The largest absolute Gasteiger partial charge is 0.385 e. The summed E-state index contributed by atoms with van der Waals surface area (Å²) in [5.74, 6) is 0.636. The van der Waals surface area contributed by atoms with E-state index < -0.39 is 0 Å². The van der Waals surface area contributed by atoms with Crippen LogP contribution in [0.1, 0.15) is 17.9 Å². The first-order chi connectivity index (χ1) is 8.93. The molecule has 0 saturated heterocycles. The fourth-order valence-corrected chi connectivity index (χ4v) is 2.56. The van der Waals surface area contributed by atoms with Crippen LogP contribution in [-0.4, -0.2) is 13.1 Å². The number of benzene rings is 2. The molecule has 0 bridgehead atoms. The smallest absolute Gasteiger partial charge is 0.0376 e. The van der Waals surface area contributed by atoms with Gasteiger partial charge in [0.1, 0.15) is 0 Å². The third-order valence-electron chi connectivity index (χ3n) is 3.54. The van der Waals surface area contributed by atoms with Crippen LogP contribution in [0.3, 0.4) is 0 Å². The Kier molecular flexibility index (Phi) is 3.18. The summed E-state index contributed by atoms with van der Waals surface area (Å²) in [6, 6.07) is 19.0. The molecule has 3 rings (SSSR count). The molecule has 1 unspecified atom stereocenters. The minimum Gasteiger partial charge on any atom is -0.385 e. The number of anilines is 2. The molecule has 0 radical (unpaired) electrons. The maximum atomic E-state index is 3.47. The summed E-state index contributed by atoms with van der Waals surface area (Å²) in [5.41, 5.74) is 3.98. The van der Waals surface area contributed by atoms with Crippen LogP contribution in [0.5, 0.6) is 0 Å². The van der Waals surface area contributed by atoms with Gasteiger partial charge in [-0.2, -0.15) is 0 Å². The van der Waals surface area contributed by atoms with Crippen molar-refractivity contribution < 1.29 is 0 Å². The molecular formula is C16H18N2. The first-order valence-electron chi connectivity index (χ1n) is 6.55. The summed E-state index contributed by atoms with van der Waals surface area (Å²) in [6.45, 7) is 2.08. The van der Waals surface area contributed by atoms with Crippen molar-refractivity contribution in [2.45, 2.75) is 12.3 Å². The van der Waals surface area contributed by atoms with Crippen LogP contribution >= 0.6 is 0 Å². The lowest BCUT2D eigenvalue weighted by atomic mass is 9.98. The normalized spacial score (nSPS) is 17.0. The summed E-state index contributed by atoms with van der Waals surface area (Å²) in [7, 11) is 0. The molecular weight excluding hydrogens is 220 g/mol. The lowest BCUT2D eigenvalue weighted by molar-refractivity contribution is 0.701. The summed E-state index contributed by atoms with van der Waals surface area (Å²) in [4.78, 5) is 0. The zero-order valence-corrected chi connectivity index (χ0v) is 10.4. The Morgan fingerprint density at radius 3 is 2.67 bits per heavy atom. The lowest BCUT2D eigenvalue weighted by Gasteiger charge is -2.11. The summed E-state index contributed by atoms with van der Waals surface area (Å²) >= 11 is 0. The average molecular weight is 238 g/mol. The van der Waals surface area contributed by atoms with Gasteiger partial charge >= 0.3 is 0 Å². The van der Waals surface area contributed by atoms with Crippen LogP contribution in [0, 0.1) is 0 Å². The predicted molar refractivity (Wildman–Crippen MR) is 77.2 cm³/mol. The van der Waals surface area contributed by atoms with Crippen LogP contribution in [0.2, 0.25) is 0 Å². The fraction of sp³-hybridized carbons (Fsp3) is 0.250. The maximum absolute atomic E-state index is 3.47. The lowest BCUT2D eigenvalue weighted by Crippen LogP contribution is -2.09. The Morgan fingerprint density at radius 2 is 1.78 bits per heavy atom. The Bertz CT molecular complexity index is 508. The van der Waals surface area contributed by atoms with Gasteiger partial charge in [0.25, 0.3) is 0 Å². The highest BCUT2D eigenvalue weighted by Crippen LogP contribution is 2.32. The van der Waals surface area contributed by atoms with Crippen molar-refractivity contribution in [1.82, 2.24) is 0 Å². The third-order valence-corrected chi connectivity index (χ3v) is 3.54. The van der Waals surface area contributed by atoms with E-state index in [0.29, 0.717) is 5.92 Å². The molecule has 1 aliphatic rings. The van der Waals surface area contributed by atoms with Gasteiger partial charge in [0.05, 0.1) is 0 Å². The summed E-state index contributed by atoms with van der Waals surface area (Å²) in [6.07, 6.45) is 1.17. The molecule has 2 N–H and O–H groups in total. The van der Waals surface area contributed by atoms with E-state index in [4.69, 9.17) is 0 Å². The van der Waals surface area contributed by atoms with Crippen LogP contribution in [0.4, 0.5) is 11.4 Å². The number of hydrogen-bond donors (Lipinski definition) is 2. The van der Waals surface area contributed by atoms with E-state index >= 15 is 0 Å². The molecule has 1 aliphatic heterocycles. The number of rotatable bonds is 4. The van der Waals surface area contributed by atoms with E-state index in [2.05, 4.69) is 59.2 Å². The molecule has 1 heterocycles. The maximum Gasteiger partial charge on any atom is 0.0376 e. The molecule has 0 amide bonds. The quantitative estimate of drug-likeness (QED) is 0.848. The Hall–Kier alpha value is -1.96. The Balaban J connectivity index is 1.56. The van der Waals surface area contributed by atoms with Crippen molar-refractivity contribution in [3.63, 3.8) is 0 Å². The van der Waals surface area contributed by atoms with Crippen LogP contribution in [-0.2, 0) is 0 Å². The molecule has 0 spiro atoms. The number of hydrogen-bond acceptors (Lipinski definition) is 2. The van der Waals surface area contributed by atoms with Gasteiger partial charge in [-0.3, -0.25) is 0 Å². The van der Waals surface area contributed by atoms with Crippen molar-refractivity contribution >= 4 is 11.4 Å². The summed E-state index contributed by atoms with van der Waals surface area (Å²) in [5, 5.41) is 6.95. The number of nitrogens with one attached hydrogen (secondary N) is 2. The molecule has 2 aromatic carbocycles. The van der Waals surface area contributed by atoms with Crippen LogP contribution < -0.4 is 10.6 Å². The van der Waals surface area contributed by atoms with Gasteiger partial charge in [-0.15, -0.1) is 0 Å². The summed E-state index contributed by atoms with van der Waals surface area (Å²) < 4.78 is 0. The Labute approximate surface area is 108 Å². The fourth-order valence-electron chi connectivity index (χ4n) is 2.56. The monoisotopic (exact) mass is 238 g/mol. The number of fused-ring (bicyclic) bond motifs is 1. The van der Waals surface area contributed by atoms with Crippen LogP contribution in [0.25, 0.3) is 0 Å². The molecule has 92 valence electrons. The molecule has 2 aromatic rings. The van der Waals surface area contributed by atoms with E-state index in [-0.39, 0.29) is 0 Å². The average Bonchev–Trinajstić information content (AvgIpc) is 2.84. The molecule has 0 aromatic heterocycles. The second-order valence-corrected chi connectivity index (χ2v) is 4.75. The first-order valence-corrected chi connectivity index (χ1v) is 6.55. The van der Waals surface area contributed by atoms with Gasteiger partial charge in [0.15, 0.2) is 0 Å². The van der Waals surface area contributed by atoms with Crippen molar-refractivity contribution in [2.24, 2.45) is 0 Å². The van der Waals surface area contributed by atoms with Crippen molar-refractivity contribution in [1.29, 1.82) is 0 Å². The minimum absolute atomic E-state index is 0.636. The molecule has 2 nitrogen and oxygen atoms in total. The van der Waals surface area contributed by atoms with Gasteiger partial charge in [-0.05, 0) is 30.2 Å².